The summed E-state index contributed by atoms with van der Waals surface area (Å²) >= 11 is 16.8. The molecular formula is C27H19Cl3F4N4O5. The van der Waals surface area contributed by atoms with Crippen LogP contribution in [0.3, 0.4) is 0 Å². The van der Waals surface area contributed by atoms with Crippen molar-refractivity contribution in [3.8, 4) is 0 Å². The summed E-state index contributed by atoms with van der Waals surface area (Å²) in [4.78, 5) is 55.5. The molecule has 4 amide bonds. The standard InChI is InChI=1S/C10H7ClF2N2O2.C8H4ClF2NO.C8H4ClNO2.CH4/c11-5-1-2-7-6(3-5)10(12,13)9(17)15(7)4-8(14)16;9-4-1-2-6-5(3-4)8(10,11)7(13)12-6;9-4-1-2-6-5(3-4)7(11)8(12)10-6;/h1-3H,4H2,(H2,14,16);1-3H,(H,12,13);1-3H,(H,10,11,12);1H4. The smallest absolute Gasteiger partial charge is 0.352 e. The molecule has 0 spiro atoms. The third kappa shape index (κ3) is 6.43. The predicted octanol–water partition coefficient (Wildman–Crippen LogP) is 5.76. The first-order valence-electron chi connectivity index (χ1n) is 11.5. The number of fused-ring (bicyclic) bond motifs is 3. The van der Waals surface area contributed by atoms with Crippen LogP contribution in [0.4, 0.5) is 34.6 Å². The summed E-state index contributed by atoms with van der Waals surface area (Å²) in [6.07, 6.45) is 0. The molecule has 0 radical (unpaired) electrons. The van der Waals surface area contributed by atoms with Gasteiger partial charge in [-0.1, -0.05) is 42.2 Å². The van der Waals surface area contributed by atoms with E-state index in [-0.39, 0.29) is 34.4 Å². The molecule has 0 atom stereocenters. The van der Waals surface area contributed by atoms with Crippen LogP contribution in [0.1, 0.15) is 28.9 Å². The summed E-state index contributed by atoms with van der Waals surface area (Å²) in [6, 6.07) is 12.3. The summed E-state index contributed by atoms with van der Waals surface area (Å²) < 4.78 is 53.3. The lowest BCUT2D eigenvalue weighted by Gasteiger charge is -2.14. The third-order valence-corrected chi connectivity index (χ3v) is 6.65. The summed E-state index contributed by atoms with van der Waals surface area (Å²) in [7, 11) is 0. The number of halogens is 7. The van der Waals surface area contributed by atoms with Crippen LogP contribution in [0.5, 0.6) is 0 Å². The van der Waals surface area contributed by atoms with Crippen LogP contribution in [-0.2, 0) is 31.0 Å². The normalized spacial score (nSPS) is 16.3. The Balaban J connectivity index is 0.000000178. The van der Waals surface area contributed by atoms with Gasteiger partial charge in [-0.15, -0.1) is 0 Å². The van der Waals surface area contributed by atoms with E-state index in [0.29, 0.717) is 21.2 Å². The van der Waals surface area contributed by atoms with Gasteiger partial charge in [0.05, 0.1) is 33.8 Å². The number of amides is 4. The zero-order valence-corrected chi connectivity index (χ0v) is 22.9. The number of nitrogens with one attached hydrogen (secondary N) is 2. The highest BCUT2D eigenvalue weighted by molar-refractivity contribution is 6.52. The zero-order chi connectivity index (χ0) is 31.1. The molecule has 9 nitrogen and oxygen atoms in total. The topological polar surface area (TPSA) is 139 Å². The number of alkyl halides is 4. The van der Waals surface area contributed by atoms with Crippen LogP contribution >= 0.6 is 34.8 Å². The van der Waals surface area contributed by atoms with Gasteiger partial charge in [0.2, 0.25) is 5.91 Å². The number of carbonyl (C=O) groups excluding carboxylic acids is 5. The Morgan fingerprint density at radius 2 is 1.30 bits per heavy atom. The SMILES string of the molecule is C.NC(=O)CN1C(=O)C(F)(F)c2cc(Cl)ccc21.O=C1Nc2ccc(Cl)cc2C1(F)F.O=C1Nc2ccc(Cl)cc2C1=O. The van der Waals surface area contributed by atoms with Crippen molar-refractivity contribution in [3.05, 3.63) is 86.4 Å². The molecule has 0 aliphatic carbocycles. The second kappa shape index (κ2) is 12.2. The van der Waals surface area contributed by atoms with Crippen molar-refractivity contribution in [3.63, 3.8) is 0 Å². The van der Waals surface area contributed by atoms with Crippen molar-refractivity contribution in [2.45, 2.75) is 19.3 Å². The van der Waals surface area contributed by atoms with Gasteiger partial charge in [-0.25, -0.2) is 0 Å². The van der Waals surface area contributed by atoms with E-state index in [9.17, 15) is 41.5 Å². The molecule has 3 aromatic rings. The zero-order valence-electron chi connectivity index (χ0n) is 20.6. The number of anilines is 3. The maximum absolute atomic E-state index is 13.6. The highest BCUT2D eigenvalue weighted by atomic mass is 35.5. The van der Waals surface area contributed by atoms with Crippen molar-refractivity contribution < 1.29 is 41.5 Å². The van der Waals surface area contributed by atoms with Gasteiger partial charge in [0, 0.05) is 15.1 Å². The highest BCUT2D eigenvalue weighted by Gasteiger charge is 2.53. The van der Waals surface area contributed by atoms with Gasteiger partial charge in [0.25, 0.3) is 17.6 Å². The first-order chi connectivity index (χ1) is 19.5. The van der Waals surface area contributed by atoms with Crippen LogP contribution in [0.2, 0.25) is 15.1 Å². The Bertz CT molecular complexity index is 1690. The van der Waals surface area contributed by atoms with E-state index < -0.39 is 53.4 Å². The predicted molar refractivity (Wildman–Crippen MR) is 152 cm³/mol. The molecule has 226 valence electrons. The third-order valence-electron chi connectivity index (χ3n) is 5.95. The first kappa shape index (κ1) is 33.3. The van der Waals surface area contributed by atoms with Crippen LogP contribution in [0.25, 0.3) is 0 Å². The van der Waals surface area contributed by atoms with E-state index in [1.54, 1.807) is 12.1 Å². The fraction of sp³-hybridized carbons (Fsp3) is 0.148. The van der Waals surface area contributed by atoms with Gasteiger partial charge in [0.15, 0.2) is 0 Å². The molecule has 0 saturated carbocycles. The van der Waals surface area contributed by atoms with E-state index >= 15 is 0 Å². The quantitative estimate of drug-likeness (QED) is 0.237. The molecule has 4 N–H and O–H groups in total. The number of Topliss-reactive ketones (excluding diaryl/α,β-unsaturated/α-hetero) is 1. The maximum atomic E-state index is 13.6. The van der Waals surface area contributed by atoms with Crippen LogP contribution in [0, 0.1) is 0 Å². The number of primary amides is 1. The number of nitrogens with zero attached hydrogens (tertiary/aromatic N) is 1. The lowest BCUT2D eigenvalue weighted by Crippen LogP contribution is -2.40. The number of hydrogen-bond donors (Lipinski definition) is 3. The molecule has 43 heavy (non-hydrogen) atoms. The molecular weight excluding hydrogens is 643 g/mol. The van der Waals surface area contributed by atoms with Crippen molar-refractivity contribution in [1.29, 1.82) is 0 Å². The summed E-state index contributed by atoms with van der Waals surface area (Å²) in [6.45, 7) is -0.580. The minimum Gasteiger partial charge on any atom is -0.368 e. The van der Waals surface area contributed by atoms with E-state index in [4.69, 9.17) is 40.5 Å². The van der Waals surface area contributed by atoms with Crippen LogP contribution in [-0.4, -0.2) is 36.0 Å². The Hall–Kier alpha value is -4.20. The van der Waals surface area contributed by atoms with Crippen molar-refractivity contribution in [2.24, 2.45) is 5.73 Å². The highest BCUT2D eigenvalue weighted by Crippen LogP contribution is 2.45. The fourth-order valence-electron chi connectivity index (χ4n) is 4.03. The average molecular weight is 662 g/mol. The molecule has 0 unspecified atom stereocenters. The summed E-state index contributed by atoms with van der Waals surface area (Å²) in [5.41, 5.74) is 5.02. The molecule has 0 bridgehead atoms. The lowest BCUT2D eigenvalue weighted by molar-refractivity contribution is -0.142. The molecule has 0 aromatic heterocycles. The Morgan fingerprint density at radius 1 is 0.767 bits per heavy atom. The molecule has 16 heteroatoms. The molecule has 0 saturated heterocycles. The van der Waals surface area contributed by atoms with Gasteiger partial charge in [-0.05, 0) is 54.6 Å². The van der Waals surface area contributed by atoms with Crippen LogP contribution < -0.4 is 21.3 Å². The maximum Gasteiger partial charge on any atom is 0.352 e. The van der Waals surface area contributed by atoms with E-state index in [0.717, 1.165) is 12.1 Å². The van der Waals surface area contributed by atoms with Crippen molar-refractivity contribution >= 4 is 81.3 Å². The van der Waals surface area contributed by atoms with Crippen molar-refractivity contribution in [2.75, 3.05) is 22.1 Å². The minimum absolute atomic E-state index is 0. The van der Waals surface area contributed by atoms with Gasteiger partial charge in [-0.3, -0.25) is 28.9 Å². The Kier molecular flexibility index (Phi) is 9.44. The average Bonchev–Trinajstić information content (AvgIpc) is 3.39. The van der Waals surface area contributed by atoms with Gasteiger partial charge in [0.1, 0.15) is 6.54 Å². The van der Waals surface area contributed by atoms with Gasteiger partial charge < -0.3 is 16.4 Å². The van der Waals surface area contributed by atoms with E-state index in [1.165, 1.54) is 30.3 Å². The van der Waals surface area contributed by atoms with E-state index in [1.807, 2.05) is 0 Å². The molecule has 3 aromatic carbocycles. The van der Waals surface area contributed by atoms with Gasteiger partial charge >= 0.3 is 17.8 Å². The molecule has 3 aliphatic heterocycles. The lowest BCUT2D eigenvalue weighted by atomic mass is 10.1. The Morgan fingerprint density at radius 3 is 1.91 bits per heavy atom. The monoisotopic (exact) mass is 660 g/mol. The summed E-state index contributed by atoms with van der Waals surface area (Å²) in [5, 5.41) is 5.24. The second-order valence-corrected chi connectivity index (χ2v) is 10.1. The van der Waals surface area contributed by atoms with Crippen LogP contribution in [0.15, 0.2) is 54.6 Å². The second-order valence-electron chi connectivity index (χ2n) is 8.79. The molecule has 3 heterocycles. The fourth-order valence-corrected chi connectivity index (χ4v) is 4.54. The first-order valence-corrected chi connectivity index (χ1v) is 12.6. The number of benzene rings is 3. The minimum atomic E-state index is -3.67. The molecule has 0 fully saturated rings. The number of ketones is 1. The summed E-state index contributed by atoms with van der Waals surface area (Å²) in [5.74, 6) is -11.9. The van der Waals surface area contributed by atoms with Gasteiger partial charge in [-0.2, -0.15) is 17.6 Å². The molecule has 3 aliphatic rings. The number of hydrogen-bond acceptors (Lipinski definition) is 5. The number of rotatable bonds is 2. The number of carbonyl (C=O) groups is 5. The van der Waals surface area contributed by atoms with Crippen molar-refractivity contribution in [1.82, 2.24) is 0 Å². The Labute approximate surface area is 255 Å². The number of nitrogens with two attached hydrogens (primary N) is 1. The largest absolute Gasteiger partial charge is 0.368 e. The molecule has 6 rings (SSSR count). The van der Waals surface area contributed by atoms with E-state index in [2.05, 4.69) is 10.6 Å².